The quantitative estimate of drug-likeness (QED) is 0.288. The van der Waals surface area contributed by atoms with E-state index in [0.717, 1.165) is 0 Å². The summed E-state index contributed by atoms with van der Waals surface area (Å²) in [6, 6.07) is 20.1. The predicted molar refractivity (Wildman–Crippen MR) is 101 cm³/mol. The first-order chi connectivity index (χ1) is 11.1. The van der Waals surface area contributed by atoms with Crippen molar-refractivity contribution in [2.24, 2.45) is 5.41 Å². The summed E-state index contributed by atoms with van der Waals surface area (Å²) in [5.74, 6) is 0. The van der Waals surface area contributed by atoms with E-state index in [2.05, 4.69) is 86.7 Å². The van der Waals surface area contributed by atoms with Gasteiger partial charge < -0.3 is 0 Å². The Labute approximate surface area is 135 Å². The van der Waals surface area contributed by atoms with Crippen LogP contribution in [-0.2, 0) is 0 Å². The molecular weight excluding hydrogens is 276 g/mol. The third kappa shape index (κ3) is 1.78. The van der Waals surface area contributed by atoms with Gasteiger partial charge in [-0.1, -0.05) is 80.6 Å². The van der Waals surface area contributed by atoms with Crippen LogP contribution in [0.4, 0.5) is 0 Å². The zero-order valence-electron chi connectivity index (χ0n) is 13.4. The number of benzene rings is 4. The van der Waals surface area contributed by atoms with Crippen molar-refractivity contribution >= 4 is 44.5 Å². The second-order valence-electron chi connectivity index (χ2n) is 7.23. The van der Waals surface area contributed by atoms with Gasteiger partial charge in [-0.25, -0.2) is 0 Å². The van der Waals surface area contributed by atoms with Crippen LogP contribution in [0.3, 0.4) is 0 Å². The first kappa shape index (κ1) is 12.9. The summed E-state index contributed by atoms with van der Waals surface area (Å²) in [7, 11) is 0. The van der Waals surface area contributed by atoms with E-state index in [-0.39, 0.29) is 5.41 Å². The van der Waals surface area contributed by atoms with Gasteiger partial charge in [0.25, 0.3) is 0 Å². The van der Waals surface area contributed by atoms with Crippen molar-refractivity contribution in [1.29, 1.82) is 0 Å². The number of hydrogen-bond donors (Lipinski definition) is 0. The average Bonchev–Trinajstić information content (AvgIpc) is 2.69. The maximum absolute atomic E-state index is 2.39. The molecule has 0 aliphatic heterocycles. The number of fused-ring (bicyclic) bond motifs is 2. The summed E-state index contributed by atoms with van der Waals surface area (Å²) in [5.41, 5.74) is 1.41. The molecule has 0 fully saturated rings. The van der Waals surface area contributed by atoms with Gasteiger partial charge in [0.15, 0.2) is 0 Å². The van der Waals surface area contributed by atoms with Crippen LogP contribution >= 0.6 is 0 Å². The van der Waals surface area contributed by atoms with E-state index in [1.165, 1.54) is 43.1 Å². The van der Waals surface area contributed by atoms with Gasteiger partial charge in [0.2, 0.25) is 0 Å². The first-order valence-corrected chi connectivity index (χ1v) is 8.21. The molecule has 0 atom stereocenters. The van der Waals surface area contributed by atoms with Gasteiger partial charge in [-0.2, -0.15) is 0 Å². The van der Waals surface area contributed by atoms with Crippen molar-refractivity contribution in [2.75, 3.05) is 0 Å². The molecule has 0 N–H and O–H groups in total. The molecule has 0 bridgehead atoms. The molecule has 0 unspecified atom stereocenters. The van der Waals surface area contributed by atoms with Crippen LogP contribution in [0.1, 0.15) is 19.4 Å². The normalized spacial score (nSPS) is 15.9. The number of rotatable bonds is 0. The van der Waals surface area contributed by atoms with Crippen LogP contribution in [0.25, 0.3) is 44.5 Å². The van der Waals surface area contributed by atoms with Crippen molar-refractivity contribution in [3.63, 3.8) is 0 Å². The molecular formula is C23H18. The minimum atomic E-state index is 0.0827. The van der Waals surface area contributed by atoms with Crippen molar-refractivity contribution < 1.29 is 0 Å². The molecule has 0 heteroatoms. The minimum Gasteiger partial charge on any atom is -0.0744 e. The Morgan fingerprint density at radius 3 is 2.52 bits per heavy atom. The van der Waals surface area contributed by atoms with E-state index in [9.17, 15) is 0 Å². The lowest BCUT2D eigenvalue weighted by molar-refractivity contribution is 0.674. The molecule has 0 radical (unpaired) electrons. The molecule has 0 heterocycles. The first-order valence-electron chi connectivity index (χ1n) is 8.21. The summed E-state index contributed by atoms with van der Waals surface area (Å²) >= 11 is 0. The Bertz CT molecular complexity index is 1170. The molecule has 110 valence electrons. The van der Waals surface area contributed by atoms with Gasteiger partial charge in [-0.3, -0.25) is 0 Å². The zero-order chi connectivity index (χ0) is 15.6. The molecule has 0 saturated heterocycles. The minimum absolute atomic E-state index is 0.0827. The SMILES string of the molecule is CC1(C)C=Cc2ccc3c4ccccc4cc4ccc(c2c43)=C1. The summed E-state index contributed by atoms with van der Waals surface area (Å²) in [4.78, 5) is 0. The van der Waals surface area contributed by atoms with E-state index < -0.39 is 0 Å². The molecule has 0 nitrogen and oxygen atoms in total. The van der Waals surface area contributed by atoms with Crippen LogP contribution < -0.4 is 5.22 Å². The summed E-state index contributed by atoms with van der Waals surface area (Å²) in [6.07, 6.45) is 6.99. The highest BCUT2D eigenvalue weighted by atomic mass is 14.2. The Morgan fingerprint density at radius 1 is 0.739 bits per heavy atom. The molecule has 0 amide bonds. The Hall–Kier alpha value is -2.60. The van der Waals surface area contributed by atoms with E-state index in [1.54, 1.807) is 0 Å². The Balaban J connectivity index is 2.12. The van der Waals surface area contributed by atoms with Crippen LogP contribution in [0, 0.1) is 5.41 Å². The molecule has 1 aliphatic rings. The maximum atomic E-state index is 2.39. The fourth-order valence-corrected chi connectivity index (χ4v) is 3.97. The average molecular weight is 294 g/mol. The monoisotopic (exact) mass is 294 g/mol. The molecule has 0 spiro atoms. The smallest absolute Gasteiger partial charge is 0.00169 e. The second-order valence-corrected chi connectivity index (χ2v) is 7.23. The molecule has 0 saturated carbocycles. The predicted octanol–water partition coefficient (Wildman–Crippen LogP) is 5.70. The topological polar surface area (TPSA) is 0 Å². The fraction of sp³-hybridized carbons (Fsp3) is 0.130. The van der Waals surface area contributed by atoms with Gasteiger partial charge in [-0.05, 0) is 49.2 Å². The molecule has 4 aromatic rings. The summed E-state index contributed by atoms with van der Waals surface area (Å²) in [6.45, 7) is 4.53. The fourth-order valence-electron chi connectivity index (χ4n) is 3.97. The van der Waals surface area contributed by atoms with Gasteiger partial charge in [0.1, 0.15) is 0 Å². The molecule has 23 heavy (non-hydrogen) atoms. The van der Waals surface area contributed by atoms with Gasteiger partial charge >= 0.3 is 0 Å². The zero-order valence-corrected chi connectivity index (χ0v) is 13.4. The number of allylic oxidation sites excluding steroid dienone is 1. The third-order valence-corrected chi connectivity index (χ3v) is 5.04. The highest BCUT2D eigenvalue weighted by molar-refractivity contribution is 6.22. The highest BCUT2D eigenvalue weighted by Gasteiger charge is 2.16. The summed E-state index contributed by atoms with van der Waals surface area (Å²) in [5, 5.41) is 9.50. The third-order valence-electron chi connectivity index (χ3n) is 5.04. The number of hydrogen-bond acceptors (Lipinski definition) is 0. The molecule has 0 aromatic heterocycles. The van der Waals surface area contributed by atoms with Crippen LogP contribution in [-0.4, -0.2) is 0 Å². The Kier molecular flexibility index (Phi) is 2.37. The van der Waals surface area contributed by atoms with Crippen molar-refractivity contribution in [3.8, 4) is 0 Å². The summed E-state index contributed by atoms with van der Waals surface area (Å²) < 4.78 is 0. The maximum Gasteiger partial charge on any atom is 0.00169 e. The van der Waals surface area contributed by atoms with E-state index >= 15 is 0 Å². The standard InChI is InChI=1S/C23H18/c1-23(2)12-11-15-9-10-20-19-6-4-3-5-16(19)13-17-7-8-18(14-23)21(15)22(17)20/h3-14H,1-2H3. The van der Waals surface area contributed by atoms with E-state index in [1.807, 2.05) is 0 Å². The largest absolute Gasteiger partial charge is 0.0744 e. The van der Waals surface area contributed by atoms with E-state index in [4.69, 9.17) is 0 Å². The lowest BCUT2D eigenvalue weighted by atomic mass is 9.90. The molecule has 4 aromatic carbocycles. The lowest BCUT2D eigenvalue weighted by Crippen LogP contribution is -2.10. The molecule has 5 rings (SSSR count). The van der Waals surface area contributed by atoms with Crippen molar-refractivity contribution in [1.82, 2.24) is 0 Å². The lowest BCUT2D eigenvalue weighted by Gasteiger charge is -2.13. The van der Waals surface area contributed by atoms with Crippen LogP contribution in [0.5, 0.6) is 0 Å². The van der Waals surface area contributed by atoms with Crippen LogP contribution in [0.15, 0.2) is 60.7 Å². The van der Waals surface area contributed by atoms with E-state index in [0.29, 0.717) is 0 Å². The van der Waals surface area contributed by atoms with Gasteiger partial charge in [-0.15, -0.1) is 0 Å². The van der Waals surface area contributed by atoms with Crippen LogP contribution in [0.2, 0.25) is 0 Å². The van der Waals surface area contributed by atoms with Crippen molar-refractivity contribution in [3.05, 3.63) is 71.5 Å². The highest BCUT2D eigenvalue weighted by Crippen LogP contribution is 2.35. The second kappa shape index (κ2) is 4.23. The van der Waals surface area contributed by atoms with Gasteiger partial charge in [0, 0.05) is 5.41 Å². The molecule has 1 aliphatic carbocycles. The van der Waals surface area contributed by atoms with Gasteiger partial charge in [0.05, 0.1) is 0 Å². The van der Waals surface area contributed by atoms with Crippen molar-refractivity contribution in [2.45, 2.75) is 13.8 Å². The Morgan fingerprint density at radius 2 is 1.61 bits per heavy atom.